The molecule has 1 amide bonds. The molecule has 108 valence electrons. The minimum absolute atomic E-state index is 0.211. The molecule has 2 aliphatic rings. The summed E-state index contributed by atoms with van der Waals surface area (Å²) in [6.07, 6.45) is 6.58. The maximum absolute atomic E-state index is 12.0. The number of hydrogen-bond acceptors (Lipinski definition) is 1. The van der Waals surface area contributed by atoms with Crippen LogP contribution in [0, 0.1) is 10.8 Å². The molecule has 2 heteroatoms. The Morgan fingerprint density at radius 2 is 1.75 bits per heavy atom. The van der Waals surface area contributed by atoms with Crippen molar-refractivity contribution in [3.05, 3.63) is 35.9 Å². The van der Waals surface area contributed by atoms with Crippen LogP contribution in [0.25, 0.3) is 0 Å². The van der Waals surface area contributed by atoms with Crippen molar-refractivity contribution in [1.29, 1.82) is 0 Å². The summed E-state index contributed by atoms with van der Waals surface area (Å²) < 4.78 is 0. The van der Waals surface area contributed by atoms with Gasteiger partial charge in [0.05, 0.1) is 0 Å². The van der Waals surface area contributed by atoms with E-state index in [1.165, 1.54) is 31.2 Å². The molecule has 1 aliphatic heterocycles. The molecule has 1 aromatic carbocycles. The van der Waals surface area contributed by atoms with Crippen LogP contribution in [0.4, 0.5) is 0 Å². The van der Waals surface area contributed by atoms with E-state index in [1.54, 1.807) is 0 Å². The predicted molar refractivity (Wildman–Crippen MR) is 81.4 cm³/mol. The van der Waals surface area contributed by atoms with Crippen molar-refractivity contribution in [3.63, 3.8) is 0 Å². The molecule has 20 heavy (non-hydrogen) atoms. The Hall–Kier alpha value is -1.31. The first-order chi connectivity index (χ1) is 9.49. The highest BCUT2D eigenvalue weighted by atomic mass is 16.2. The standard InChI is InChI=1S/C18H25NO/c1-17(2)8-10-18(11-9-17)13-16(20)19-15(18)12-14-6-4-3-5-7-14/h3-7,15H,8-13H2,1-2H3,(H,19,20). The van der Waals surface area contributed by atoms with Gasteiger partial charge in [-0.2, -0.15) is 0 Å². The lowest BCUT2D eigenvalue weighted by Gasteiger charge is -2.44. The van der Waals surface area contributed by atoms with Crippen molar-refractivity contribution in [1.82, 2.24) is 5.32 Å². The smallest absolute Gasteiger partial charge is 0.220 e. The first-order valence-corrected chi connectivity index (χ1v) is 7.83. The van der Waals surface area contributed by atoms with E-state index in [0.29, 0.717) is 11.5 Å². The van der Waals surface area contributed by atoms with Crippen molar-refractivity contribution in [3.8, 4) is 0 Å². The van der Waals surface area contributed by atoms with Crippen molar-refractivity contribution in [2.75, 3.05) is 0 Å². The maximum Gasteiger partial charge on any atom is 0.220 e. The minimum Gasteiger partial charge on any atom is -0.352 e. The minimum atomic E-state index is 0.211. The average molecular weight is 271 g/mol. The highest BCUT2D eigenvalue weighted by Crippen LogP contribution is 2.51. The Labute approximate surface area is 122 Å². The molecular weight excluding hydrogens is 246 g/mol. The number of rotatable bonds is 2. The van der Waals surface area contributed by atoms with Gasteiger partial charge in [0.15, 0.2) is 0 Å². The van der Waals surface area contributed by atoms with Gasteiger partial charge in [0.1, 0.15) is 0 Å². The monoisotopic (exact) mass is 271 g/mol. The number of hydrogen-bond donors (Lipinski definition) is 1. The molecule has 1 heterocycles. The normalized spacial score (nSPS) is 27.5. The van der Waals surface area contributed by atoms with Crippen LogP contribution < -0.4 is 5.32 Å². The number of carbonyl (C=O) groups excluding carboxylic acids is 1. The Balaban J connectivity index is 1.77. The molecule has 1 spiro atoms. The summed E-state index contributed by atoms with van der Waals surface area (Å²) in [7, 11) is 0. The Kier molecular flexibility index (Phi) is 3.35. The molecule has 1 saturated carbocycles. The highest BCUT2D eigenvalue weighted by molar-refractivity contribution is 5.80. The predicted octanol–water partition coefficient (Wildman–Crippen LogP) is 3.70. The molecule has 1 aromatic rings. The van der Waals surface area contributed by atoms with Crippen LogP contribution in [0.1, 0.15) is 51.5 Å². The Morgan fingerprint density at radius 3 is 2.40 bits per heavy atom. The summed E-state index contributed by atoms with van der Waals surface area (Å²) in [4.78, 5) is 12.0. The third-order valence-electron chi connectivity index (χ3n) is 5.47. The van der Waals surface area contributed by atoms with E-state index < -0.39 is 0 Å². The molecular formula is C18H25NO. The summed E-state index contributed by atoms with van der Waals surface area (Å²) in [5.74, 6) is 0.255. The van der Waals surface area contributed by atoms with Crippen molar-refractivity contribution in [2.24, 2.45) is 10.8 Å². The SMILES string of the molecule is CC1(C)CCC2(CC1)CC(=O)NC2Cc1ccccc1. The van der Waals surface area contributed by atoms with Crippen molar-refractivity contribution >= 4 is 5.91 Å². The van der Waals surface area contributed by atoms with Gasteiger partial charge in [-0.3, -0.25) is 4.79 Å². The van der Waals surface area contributed by atoms with E-state index in [4.69, 9.17) is 0 Å². The molecule has 0 aromatic heterocycles. The van der Waals surface area contributed by atoms with E-state index in [2.05, 4.69) is 49.5 Å². The first-order valence-electron chi connectivity index (χ1n) is 7.83. The van der Waals surface area contributed by atoms with Crippen LogP contribution in [0.5, 0.6) is 0 Å². The van der Waals surface area contributed by atoms with Gasteiger partial charge in [0.2, 0.25) is 5.91 Å². The van der Waals surface area contributed by atoms with Crippen molar-refractivity contribution < 1.29 is 4.79 Å². The van der Waals surface area contributed by atoms with Gasteiger partial charge in [0, 0.05) is 12.5 Å². The van der Waals surface area contributed by atoms with Crippen LogP contribution in [0.2, 0.25) is 0 Å². The van der Waals surface area contributed by atoms with Gasteiger partial charge in [-0.05, 0) is 48.5 Å². The second-order valence-electron chi connectivity index (χ2n) is 7.51. The molecule has 0 radical (unpaired) electrons. The Morgan fingerprint density at radius 1 is 1.10 bits per heavy atom. The fraction of sp³-hybridized carbons (Fsp3) is 0.611. The number of amides is 1. The van der Waals surface area contributed by atoms with Crippen LogP contribution in [0.3, 0.4) is 0 Å². The fourth-order valence-electron chi connectivity index (χ4n) is 3.91. The lowest BCUT2D eigenvalue weighted by molar-refractivity contribution is -0.120. The van der Waals surface area contributed by atoms with Gasteiger partial charge in [-0.15, -0.1) is 0 Å². The van der Waals surface area contributed by atoms with E-state index in [9.17, 15) is 4.79 Å². The maximum atomic E-state index is 12.0. The molecule has 2 nitrogen and oxygen atoms in total. The molecule has 3 rings (SSSR count). The molecule has 0 bridgehead atoms. The summed E-state index contributed by atoms with van der Waals surface area (Å²) >= 11 is 0. The van der Waals surface area contributed by atoms with E-state index >= 15 is 0 Å². The lowest BCUT2D eigenvalue weighted by atomic mass is 9.61. The number of nitrogens with one attached hydrogen (secondary N) is 1. The number of benzene rings is 1. The molecule has 1 atom stereocenters. The summed E-state index contributed by atoms with van der Waals surface area (Å²) in [5, 5.41) is 3.25. The van der Waals surface area contributed by atoms with Gasteiger partial charge in [-0.1, -0.05) is 44.2 Å². The molecule has 1 aliphatic carbocycles. The van der Waals surface area contributed by atoms with Crippen LogP contribution in [-0.2, 0) is 11.2 Å². The number of carbonyl (C=O) groups is 1. The van der Waals surface area contributed by atoms with Gasteiger partial charge >= 0.3 is 0 Å². The van der Waals surface area contributed by atoms with Crippen LogP contribution in [-0.4, -0.2) is 11.9 Å². The van der Waals surface area contributed by atoms with E-state index in [0.717, 1.165) is 12.8 Å². The van der Waals surface area contributed by atoms with E-state index in [-0.39, 0.29) is 11.3 Å². The quantitative estimate of drug-likeness (QED) is 0.873. The summed E-state index contributed by atoms with van der Waals surface area (Å²) in [6.45, 7) is 4.71. The van der Waals surface area contributed by atoms with Gasteiger partial charge in [0.25, 0.3) is 0 Å². The zero-order chi connectivity index (χ0) is 14.2. The third kappa shape index (κ3) is 2.61. The van der Waals surface area contributed by atoms with Crippen LogP contribution in [0.15, 0.2) is 30.3 Å². The lowest BCUT2D eigenvalue weighted by Crippen LogP contribution is -2.42. The largest absolute Gasteiger partial charge is 0.352 e. The zero-order valence-corrected chi connectivity index (χ0v) is 12.6. The molecule has 1 unspecified atom stereocenters. The van der Waals surface area contributed by atoms with Crippen LogP contribution >= 0.6 is 0 Å². The fourth-order valence-corrected chi connectivity index (χ4v) is 3.91. The van der Waals surface area contributed by atoms with Gasteiger partial charge in [-0.25, -0.2) is 0 Å². The average Bonchev–Trinajstić information content (AvgIpc) is 2.71. The highest BCUT2D eigenvalue weighted by Gasteiger charge is 2.49. The second-order valence-corrected chi connectivity index (χ2v) is 7.51. The Bertz CT molecular complexity index is 481. The second kappa shape index (κ2) is 4.91. The molecule has 1 N–H and O–H groups in total. The summed E-state index contributed by atoms with van der Waals surface area (Å²) in [5.41, 5.74) is 2.00. The zero-order valence-electron chi connectivity index (χ0n) is 12.6. The van der Waals surface area contributed by atoms with Gasteiger partial charge < -0.3 is 5.32 Å². The topological polar surface area (TPSA) is 29.1 Å². The first kappa shape index (κ1) is 13.7. The van der Waals surface area contributed by atoms with E-state index in [1.807, 2.05) is 0 Å². The molecule has 2 fully saturated rings. The van der Waals surface area contributed by atoms with Crippen molar-refractivity contribution in [2.45, 2.75) is 58.4 Å². The summed E-state index contributed by atoms with van der Waals surface area (Å²) in [6, 6.07) is 10.9. The molecule has 1 saturated heterocycles. The third-order valence-corrected chi connectivity index (χ3v) is 5.47.